The number of nitrogens with one attached hydrogen (secondary N) is 1. The molecule has 0 bridgehead atoms. The van der Waals surface area contributed by atoms with E-state index in [4.69, 9.17) is 10.1 Å². The van der Waals surface area contributed by atoms with E-state index in [9.17, 15) is 0 Å². The first-order chi connectivity index (χ1) is 10.9. The first-order valence-corrected chi connectivity index (χ1v) is 7.97. The molecule has 114 valence electrons. The van der Waals surface area contributed by atoms with Crippen molar-refractivity contribution < 1.29 is 5.11 Å². The number of aliphatic hydroxyl groups excluding tert-OH is 1. The molecule has 0 unspecified atom stereocenters. The van der Waals surface area contributed by atoms with Crippen LogP contribution in [0.3, 0.4) is 0 Å². The number of nitrogens with zero attached hydrogens (tertiary/aromatic N) is 1. The second kappa shape index (κ2) is 7.34. The SMILES string of the molecule is OCCCCCNCc1cccc2nc3ccccc3cc12. The van der Waals surface area contributed by atoms with E-state index >= 15 is 0 Å². The Hall–Kier alpha value is -1.97. The highest BCUT2D eigenvalue weighted by Crippen LogP contribution is 2.22. The Labute approximate surface area is 131 Å². The molecule has 2 N–H and O–H groups in total. The molecule has 0 radical (unpaired) electrons. The van der Waals surface area contributed by atoms with Gasteiger partial charge in [-0.25, -0.2) is 4.98 Å². The molecule has 3 nitrogen and oxygen atoms in total. The summed E-state index contributed by atoms with van der Waals surface area (Å²) < 4.78 is 0. The predicted molar refractivity (Wildman–Crippen MR) is 91.9 cm³/mol. The number of rotatable bonds is 7. The summed E-state index contributed by atoms with van der Waals surface area (Å²) in [6.45, 7) is 2.13. The molecular weight excluding hydrogens is 272 g/mol. The van der Waals surface area contributed by atoms with Gasteiger partial charge in [0.05, 0.1) is 11.0 Å². The molecule has 0 amide bonds. The summed E-state index contributed by atoms with van der Waals surface area (Å²) in [5.41, 5.74) is 3.39. The van der Waals surface area contributed by atoms with E-state index in [1.807, 2.05) is 6.07 Å². The van der Waals surface area contributed by atoms with E-state index in [-0.39, 0.29) is 0 Å². The number of aromatic nitrogens is 1. The highest BCUT2D eigenvalue weighted by molar-refractivity contribution is 5.94. The molecular formula is C19H22N2O. The van der Waals surface area contributed by atoms with E-state index in [1.54, 1.807) is 0 Å². The molecule has 0 aliphatic carbocycles. The molecule has 3 aromatic rings. The second-order valence-corrected chi connectivity index (χ2v) is 5.63. The molecule has 0 spiro atoms. The van der Waals surface area contributed by atoms with Crippen molar-refractivity contribution in [2.45, 2.75) is 25.8 Å². The van der Waals surface area contributed by atoms with Gasteiger partial charge < -0.3 is 10.4 Å². The van der Waals surface area contributed by atoms with Crippen LogP contribution in [0, 0.1) is 0 Å². The van der Waals surface area contributed by atoms with Crippen molar-refractivity contribution in [1.82, 2.24) is 10.3 Å². The molecule has 0 aliphatic rings. The Morgan fingerprint density at radius 1 is 0.909 bits per heavy atom. The van der Waals surface area contributed by atoms with Crippen LogP contribution in [0.5, 0.6) is 0 Å². The Kier molecular flexibility index (Phi) is 4.99. The maximum absolute atomic E-state index is 8.78. The minimum atomic E-state index is 0.294. The lowest BCUT2D eigenvalue weighted by atomic mass is 10.1. The summed E-state index contributed by atoms with van der Waals surface area (Å²) in [4.78, 5) is 4.75. The van der Waals surface area contributed by atoms with Gasteiger partial charge in [0, 0.05) is 23.9 Å². The van der Waals surface area contributed by atoms with E-state index in [0.717, 1.165) is 43.4 Å². The van der Waals surface area contributed by atoms with Crippen molar-refractivity contribution in [2.75, 3.05) is 13.2 Å². The summed E-state index contributed by atoms with van der Waals surface area (Å²) in [5.74, 6) is 0. The van der Waals surface area contributed by atoms with Crippen LogP contribution in [0.25, 0.3) is 21.8 Å². The molecule has 0 saturated carbocycles. The zero-order valence-corrected chi connectivity index (χ0v) is 12.8. The van der Waals surface area contributed by atoms with Crippen LogP contribution in [-0.2, 0) is 6.54 Å². The van der Waals surface area contributed by atoms with Gasteiger partial charge in [-0.3, -0.25) is 0 Å². The minimum absolute atomic E-state index is 0.294. The van der Waals surface area contributed by atoms with Gasteiger partial charge in [-0.2, -0.15) is 0 Å². The molecule has 0 saturated heterocycles. The summed E-state index contributed by atoms with van der Waals surface area (Å²) in [6, 6.07) is 16.8. The smallest absolute Gasteiger partial charge is 0.0712 e. The minimum Gasteiger partial charge on any atom is -0.396 e. The van der Waals surface area contributed by atoms with Crippen LogP contribution in [0.1, 0.15) is 24.8 Å². The maximum Gasteiger partial charge on any atom is 0.0712 e. The molecule has 0 fully saturated rings. The van der Waals surface area contributed by atoms with Crippen LogP contribution in [0.4, 0.5) is 0 Å². The zero-order chi connectivity index (χ0) is 15.2. The fourth-order valence-corrected chi connectivity index (χ4v) is 2.78. The van der Waals surface area contributed by atoms with Crippen molar-refractivity contribution in [3.63, 3.8) is 0 Å². The van der Waals surface area contributed by atoms with Gasteiger partial charge in [0.25, 0.3) is 0 Å². The topological polar surface area (TPSA) is 45.1 Å². The summed E-state index contributed by atoms with van der Waals surface area (Å²) in [6.07, 6.45) is 3.07. The molecule has 3 rings (SSSR count). The fourth-order valence-electron chi connectivity index (χ4n) is 2.78. The standard InChI is InChI=1S/C19H22N2O/c22-12-5-1-4-11-20-14-16-8-6-10-19-17(16)13-15-7-2-3-9-18(15)21-19/h2-3,6-10,13,20,22H,1,4-5,11-12,14H2. The maximum atomic E-state index is 8.78. The van der Waals surface area contributed by atoms with E-state index in [1.165, 1.54) is 16.3 Å². The third-order valence-electron chi connectivity index (χ3n) is 3.98. The van der Waals surface area contributed by atoms with E-state index in [0.29, 0.717) is 6.61 Å². The number of para-hydroxylation sites is 1. The second-order valence-electron chi connectivity index (χ2n) is 5.63. The van der Waals surface area contributed by atoms with Crippen LogP contribution in [-0.4, -0.2) is 23.2 Å². The van der Waals surface area contributed by atoms with Gasteiger partial charge in [-0.05, 0) is 49.6 Å². The molecule has 22 heavy (non-hydrogen) atoms. The summed E-state index contributed by atoms with van der Waals surface area (Å²) in [7, 11) is 0. The van der Waals surface area contributed by atoms with Crippen molar-refractivity contribution in [3.8, 4) is 0 Å². The lowest BCUT2D eigenvalue weighted by molar-refractivity contribution is 0.283. The Bertz CT molecular complexity index is 755. The third kappa shape index (κ3) is 3.43. The molecule has 1 heterocycles. The van der Waals surface area contributed by atoms with Crippen molar-refractivity contribution >= 4 is 21.8 Å². The number of pyridine rings is 1. The highest BCUT2D eigenvalue weighted by atomic mass is 16.2. The highest BCUT2D eigenvalue weighted by Gasteiger charge is 2.04. The van der Waals surface area contributed by atoms with Gasteiger partial charge >= 0.3 is 0 Å². The lowest BCUT2D eigenvalue weighted by Gasteiger charge is -2.09. The number of benzene rings is 2. The van der Waals surface area contributed by atoms with Crippen LogP contribution in [0.2, 0.25) is 0 Å². The fraction of sp³-hybridized carbons (Fsp3) is 0.316. The van der Waals surface area contributed by atoms with Gasteiger partial charge in [0.2, 0.25) is 0 Å². The lowest BCUT2D eigenvalue weighted by Crippen LogP contribution is -2.15. The largest absolute Gasteiger partial charge is 0.396 e. The van der Waals surface area contributed by atoms with Gasteiger partial charge in [0.15, 0.2) is 0 Å². The number of unbranched alkanes of at least 4 members (excludes halogenated alkanes) is 2. The Balaban J connectivity index is 1.76. The first kappa shape index (κ1) is 14.9. The van der Waals surface area contributed by atoms with Crippen molar-refractivity contribution in [2.24, 2.45) is 0 Å². The molecule has 1 aromatic heterocycles. The van der Waals surface area contributed by atoms with Gasteiger partial charge in [-0.1, -0.05) is 30.3 Å². The zero-order valence-electron chi connectivity index (χ0n) is 12.8. The van der Waals surface area contributed by atoms with Crippen molar-refractivity contribution in [1.29, 1.82) is 0 Å². The average Bonchev–Trinajstić information content (AvgIpc) is 2.56. The summed E-state index contributed by atoms with van der Waals surface area (Å²) >= 11 is 0. The van der Waals surface area contributed by atoms with E-state index in [2.05, 4.69) is 47.8 Å². The number of hydrogen-bond donors (Lipinski definition) is 2. The third-order valence-corrected chi connectivity index (χ3v) is 3.98. The van der Waals surface area contributed by atoms with E-state index < -0.39 is 0 Å². The summed E-state index contributed by atoms with van der Waals surface area (Å²) in [5, 5.41) is 14.7. The number of aliphatic hydroxyl groups is 1. The quantitative estimate of drug-likeness (QED) is 0.516. The Morgan fingerprint density at radius 3 is 2.68 bits per heavy atom. The molecule has 3 heteroatoms. The first-order valence-electron chi connectivity index (χ1n) is 7.97. The monoisotopic (exact) mass is 294 g/mol. The number of fused-ring (bicyclic) bond motifs is 2. The van der Waals surface area contributed by atoms with Gasteiger partial charge in [-0.15, -0.1) is 0 Å². The molecule has 0 aliphatic heterocycles. The van der Waals surface area contributed by atoms with Crippen LogP contribution >= 0.6 is 0 Å². The number of hydrogen-bond acceptors (Lipinski definition) is 3. The normalized spacial score (nSPS) is 11.3. The Morgan fingerprint density at radius 2 is 1.77 bits per heavy atom. The molecule has 2 aromatic carbocycles. The predicted octanol–water partition coefficient (Wildman–Crippen LogP) is 3.64. The average molecular weight is 294 g/mol. The van der Waals surface area contributed by atoms with Crippen LogP contribution in [0.15, 0.2) is 48.5 Å². The molecule has 0 atom stereocenters. The van der Waals surface area contributed by atoms with Gasteiger partial charge in [0.1, 0.15) is 0 Å². The van der Waals surface area contributed by atoms with Crippen molar-refractivity contribution in [3.05, 3.63) is 54.1 Å². The van der Waals surface area contributed by atoms with Crippen LogP contribution < -0.4 is 5.32 Å².